The van der Waals surface area contributed by atoms with E-state index in [0.29, 0.717) is 94.7 Å². The van der Waals surface area contributed by atoms with Crippen LogP contribution in [0.3, 0.4) is 0 Å². The lowest BCUT2D eigenvalue weighted by atomic mass is 9.79. The van der Waals surface area contributed by atoms with Gasteiger partial charge in [-0.25, -0.2) is 0 Å². The highest BCUT2D eigenvalue weighted by molar-refractivity contribution is 4.95. The second kappa shape index (κ2) is 42.4. The van der Waals surface area contributed by atoms with Gasteiger partial charge in [0.25, 0.3) is 0 Å². The minimum absolute atomic E-state index is 0.0863. The fraction of sp³-hybridized carbons (Fsp3) is 0.778. The van der Waals surface area contributed by atoms with Crippen LogP contribution in [-0.2, 0) is 0 Å². The molecule has 8 rings (SSSR count). The average molecular weight is 1120 g/mol. The van der Waals surface area contributed by atoms with Crippen molar-refractivity contribution < 1.29 is 40.9 Å². The van der Waals surface area contributed by atoms with E-state index in [-0.39, 0.29) is 48.8 Å². The summed E-state index contributed by atoms with van der Waals surface area (Å²) in [5.74, 6) is 7.74. The molecule has 8 fully saturated rings. The van der Waals surface area contributed by atoms with Gasteiger partial charge in [0.15, 0.2) is 0 Å². The highest BCUT2D eigenvalue weighted by atomic mass is 16.3. The van der Waals surface area contributed by atoms with Crippen LogP contribution in [0.1, 0.15) is 209 Å². The Balaban J connectivity index is 0.000000457. The minimum Gasteiger partial charge on any atom is -0.393 e. The Morgan fingerprint density at radius 2 is 0.275 bits per heavy atom. The Morgan fingerprint density at radius 1 is 0.188 bits per heavy atom. The molecule has 8 aliphatic carbocycles. The summed E-state index contributed by atoms with van der Waals surface area (Å²) in [6.07, 6.45) is 41.9. The minimum atomic E-state index is -0.0863. The Bertz CT molecular complexity index is 1320. The van der Waals surface area contributed by atoms with Crippen LogP contribution < -0.4 is 0 Å². The summed E-state index contributed by atoms with van der Waals surface area (Å²) in [4.78, 5) is 0. The van der Waals surface area contributed by atoms with Crippen LogP contribution in [0.5, 0.6) is 0 Å². The molecule has 8 heteroatoms. The number of rotatable bonds is 8. The first-order chi connectivity index (χ1) is 38.0. The van der Waals surface area contributed by atoms with Gasteiger partial charge in [-0.1, -0.05) is 155 Å². The Labute approximate surface area is 492 Å². The van der Waals surface area contributed by atoms with Crippen LogP contribution in [0.4, 0.5) is 0 Å². The van der Waals surface area contributed by atoms with E-state index >= 15 is 0 Å². The highest BCUT2D eigenvalue weighted by Crippen LogP contribution is 2.36. The third-order valence-corrected chi connectivity index (χ3v) is 21.0. The fourth-order valence-corrected chi connectivity index (χ4v) is 13.7. The van der Waals surface area contributed by atoms with E-state index in [1.54, 1.807) is 0 Å². The molecule has 24 atom stereocenters. The summed E-state index contributed by atoms with van der Waals surface area (Å²) in [6, 6.07) is 0. The van der Waals surface area contributed by atoms with Crippen molar-refractivity contribution in [2.75, 3.05) is 0 Å². The molecule has 8 saturated carbocycles. The standard InChI is InChI=1S/8C9H16O/c8*1-3-8-5-4-6-9(10)7(8)2/h8*3,7-10H,1,4-6H2,2H3/t2*7-,8+,9+;2*7-,8+,9-;2*7-,8-,9+;2*7-,8-,9-/m10101010/s1. The van der Waals surface area contributed by atoms with Crippen molar-refractivity contribution in [2.24, 2.45) is 94.7 Å². The van der Waals surface area contributed by atoms with E-state index in [2.05, 4.69) is 108 Å². The number of aliphatic hydroxyl groups is 8. The lowest BCUT2D eigenvalue weighted by molar-refractivity contribution is 0.0569. The number of hydrogen-bond acceptors (Lipinski definition) is 8. The zero-order chi connectivity index (χ0) is 60.5. The van der Waals surface area contributed by atoms with E-state index in [4.69, 9.17) is 0 Å². The Morgan fingerprint density at radius 3 is 0.338 bits per heavy atom. The molecular weight excluding hydrogens is 993 g/mol. The predicted octanol–water partition coefficient (Wildman–Crippen LogP) is 15.8. The van der Waals surface area contributed by atoms with Crippen LogP contribution in [-0.4, -0.2) is 89.7 Å². The molecule has 0 aromatic carbocycles. The van der Waals surface area contributed by atoms with E-state index in [1.165, 1.54) is 51.4 Å². The fourth-order valence-electron chi connectivity index (χ4n) is 13.7. The van der Waals surface area contributed by atoms with Crippen LogP contribution >= 0.6 is 0 Å². The maximum Gasteiger partial charge on any atom is 0.0571 e. The third kappa shape index (κ3) is 26.7. The normalized spacial score (nSPS) is 41.2. The van der Waals surface area contributed by atoms with Crippen molar-refractivity contribution in [1.29, 1.82) is 0 Å². The predicted molar refractivity (Wildman–Crippen MR) is 342 cm³/mol. The SMILES string of the molecule is C=C[C@@H]1CCC[C@@H](O)[C@@H]1C.C=C[C@@H]1CCC[C@@H](O)[C@H]1C.C=C[C@@H]1CCC[C@H](O)[C@@H]1C.C=C[C@@H]1CCC[C@H](O)[C@H]1C.C=C[C@H]1CCC[C@@H](O)[C@@H]1C.C=C[C@H]1CCC[C@@H](O)[C@H]1C.C=C[C@H]1CCC[C@H](O)[C@@H]1C.C=C[C@H]1CCC[C@H](O)[C@H]1C. The summed E-state index contributed by atoms with van der Waals surface area (Å²) in [5, 5.41) is 75.5. The van der Waals surface area contributed by atoms with Crippen LogP contribution in [0.25, 0.3) is 0 Å². The second-order valence-electron chi connectivity index (χ2n) is 26.1. The van der Waals surface area contributed by atoms with Gasteiger partial charge in [0.1, 0.15) is 0 Å². The molecule has 8 N–H and O–H groups in total. The van der Waals surface area contributed by atoms with Gasteiger partial charge in [-0.3, -0.25) is 0 Å². The lowest BCUT2D eigenvalue weighted by Gasteiger charge is -2.30. The number of hydrogen-bond donors (Lipinski definition) is 8. The smallest absolute Gasteiger partial charge is 0.0571 e. The lowest BCUT2D eigenvalue weighted by Crippen LogP contribution is -2.28. The number of allylic oxidation sites excluding steroid dienone is 8. The van der Waals surface area contributed by atoms with E-state index in [0.717, 1.165) is 103 Å². The molecule has 0 heterocycles. The molecule has 80 heavy (non-hydrogen) atoms. The van der Waals surface area contributed by atoms with Crippen molar-refractivity contribution in [3.63, 3.8) is 0 Å². The van der Waals surface area contributed by atoms with Gasteiger partial charge in [-0.2, -0.15) is 0 Å². The Hall–Kier alpha value is -2.40. The summed E-state index contributed by atoms with van der Waals surface area (Å²) < 4.78 is 0. The summed E-state index contributed by atoms with van der Waals surface area (Å²) in [6.45, 7) is 46.9. The molecular formula is C72H128O8. The van der Waals surface area contributed by atoms with Gasteiger partial charge in [-0.15, -0.1) is 52.6 Å². The van der Waals surface area contributed by atoms with Gasteiger partial charge in [0, 0.05) is 0 Å². The molecule has 0 unspecified atom stereocenters. The van der Waals surface area contributed by atoms with Gasteiger partial charge in [0.2, 0.25) is 0 Å². The molecule has 0 saturated heterocycles. The molecule has 0 radical (unpaired) electrons. The van der Waals surface area contributed by atoms with Crippen LogP contribution in [0, 0.1) is 94.7 Å². The van der Waals surface area contributed by atoms with E-state index < -0.39 is 0 Å². The van der Waals surface area contributed by atoms with Crippen LogP contribution in [0.15, 0.2) is 101 Å². The first-order valence-electron chi connectivity index (χ1n) is 32.5. The molecule has 8 nitrogen and oxygen atoms in total. The van der Waals surface area contributed by atoms with Crippen molar-refractivity contribution >= 4 is 0 Å². The zero-order valence-electron chi connectivity index (χ0n) is 52.7. The Kier molecular flexibility index (Phi) is 40.1. The molecule has 464 valence electrons. The molecule has 0 aliphatic heterocycles. The summed E-state index contributed by atoms with van der Waals surface area (Å²) in [7, 11) is 0. The topological polar surface area (TPSA) is 162 Å². The summed E-state index contributed by atoms with van der Waals surface area (Å²) >= 11 is 0. The molecule has 0 aromatic rings. The summed E-state index contributed by atoms with van der Waals surface area (Å²) in [5.41, 5.74) is 0. The molecule has 0 spiro atoms. The molecule has 8 aliphatic rings. The molecule has 0 bridgehead atoms. The largest absolute Gasteiger partial charge is 0.393 e. The van der Waals surface area contributed by atoms with Gasteiger partial charge in [-0.05, 0) is 197 Å². The van der Waals surface area contributed by atoms with E-state index in [9.17, 15) is 40.9 Å². The number of aliphatic hydroxyl groups excluding tert-OH is 8. The average Bonchev–Trinajstić information content (AvgIpc) is 3.46. The second-order valence-corrected chi connectivity index (χ2v) is 26.1. The maximum absolute atomic E-state index is 9.43. The molecule has 0 aromatic heterocycles. The zero-order valence-corrected chi connectivity index (χ0v) is 52.7. The van der Waals surface area contributed by atoms with Crippen molar-refractivity contribution in [3.8, 4) is 0 Å². The maximum atomic E-state index is 9.43. The third-order valence-electron chi connectivity index (χ3n) is 21.0. The molecule has 0 amide bonds. The van der Waals surface area contributed by atoms with E-state index in [1.807, 2.05) is 48.6 Å². The first kappa shape index (κ1) is 75.6. The first-order valence-corrected chi connectivity index (χ1v) is 32.5. The van der Waals surface area contributed by atoms with Crippen LogP contribution in [0.2, 0.25) is 0 Å². The van der Waals surface area contributed by atoms with Gasteiger partial charge < -0.3 is 40.9 Å². The monoisotopic (exact) mass is 1120 g/mol. The van der Waals surface area contributed by atoms with Gasteiger partial charge in [0.05, 0.1) is 48.8 Å². The van der Waals surface area contributed by atoms with Gasteiger partial charge >= 0.3 is 0 Å². The van der Waals surface area contributed by atoms with Crippen molar-refractivity contribution in [1.82, 2.24) is 0 Å². The van der Waals surface area contributed by atoms with Crippen molar-refractivity contribution in [3.05, 3.63) is 101 Å². The van der Waals surface area contributed by atoms with Crippen molar-refractivity contribution in [2.45, 2.75) is 258 Å². The quantitative estimate of drug-likeness (QED) is 0.111. The highest BCUT2D eigenvalue weighted by Gasteiger charge is 2.31.